The first-order chi connectivity index (χ1) is 8.28. The first kappa shape index (κ1) is 13.5. The smallest absolute Gasteiger partial charge is 0.126 e. The predicted molar refractivity (Wildman–Crippen MR) is 67.3 cm³/mol. The zero-order chi connectivity index (χ0) is 13.4. The summed E-state index contributed by atoms with van der Waals surface area (Å²) in [6, 6.07) is 3.47. The van der Waals surface area contributed by atoms with Crippen LogP contribution in [-0.2, 0) is 6.42 Å². The van der Waals surface area contributed by atoms with Crippen molar-refractivity contribution in [1.29, 1.82) is 0 Å². The summed E-state index contributed by atoms with van der Waals surface area (Å²) in [4.78, 5) is 0. The number of hydrogen-bond donors (Lipinski definition) is 1. The maximum atomic E-state index is 13.1. The van der Waals surface area contributed by atoms with Crippen molar-refractivity contribution in [3.8, 4) is 0 Å². The summed E-state index contributed by atoms with van der Waals surface area (Å²) in [5.74, 6) is -1.16. The molecule has 1 fully saturated rings. The molecule has 18 heavy (non-hydrogen) atoms. The van der Waals surface area contributed by atoms with Gasteiger partial charge >= 0.3 is 0 Å². The zero-order valence-corrected chi connectivity index (χ0v) is 11.0. The summed E-state index contributed by atoms with van der Waals surface area (Å²) in [5.41, 5.74) is -0.00969. The van der Waals surface area contributed by atoms with E-state index < -0.39 is 17.2 Å². The minimum atomic E-state index is -0.810. The highest BCUT2D eigenvalue weighted by Crippen LogP contribution is 2.41. The maximum absolute atomic E-state index is 13.1. The summed E-state index contributed by atoms with van der Waals surface area (Å²) in [6.45, 7) is 4.38. The van der Waals surface area contributed by atoms with Crippen molar-refractivity contribution in [3.63, 3.8) is 0 Å². The van der Waals surface area contributed by atoms with Crippen molar-refractivity contribution >= 4 is 0 Å². The summed E-state index contributed by atoms with van der Waals surface area (Å²) in [7, 11) is 0. The summed E-state index contributed by atoms with van der Waals surface area (Å²) < 4.78 is 26.2. The molecule has 1 aliphatic carbocycles. The first-order valence-electron chi connectivity index (χ1n) is 6.45. The van der Waals surface area contributed by atoms with E-state index in [0.717, 1.165) is 18.9 Å². The molecule has 2 rings (SSSR count). The molecule has 1 aromatic rings. The summed E-state index contributed by atoms with van der Waals surface area (Å²) in [6.07, 6.45) is 3.61. The molecular weight excluding hydrogens is 234 g/mol. The Hall–Kier alpha value is -0.960. The van der Waals surface area contributed by atoms with Gasteiger partial charge < -0.3 is 5.11 Å². The van der Waals surface area contributed by atoms with Gasteiger partial charge in [-0.3, -0.25) is 0 Å². The van der Waals surface area contributed by atoms with Crippen molar-refractivity contribution in [2.24, 2.45) is 5.41 Å². The van der Waals surface area contributed by atoms with Crippen LogP contribution in [-0.4, -0.2) is 10.7 Å². The highest BCUT2D eigenvalue weighted by Gasteiger charge is 2.36. The van der Waals surface area contributed by atoms with Gasteiger partial charge in [0.25, 0.3) is 0 Å². The molecule has 1 aromatic carbocycles. The lowest BCUT2D eigenvalue weighted by atomic mass is 9.69. The number of rotatable bonds is 2. The van der Waals surface area contributed by atoms with Gasteiger partial charge in [-0.1, -0.05) is 13.8 Å². The van der Waals surface area contributed by atoms with E-state index in [1.807, 2.05) is 0 Å². The third-order valence-electron chi connectivity index (χ3n) is 3.99. The van der Waals surface area contributed by atoms with E-state index >= 15 is 0 Å². The fourth-order valence-corrected chi connectivity index (χ4v) is 2.66. The van der Waals surface area contributed by atoms with E-state index in [1.165, 1.54) is 12.1 Å². The van der Waals surface area contributed by atoms with Crippen LogP contribution in [0.2, 0.25) is 0 Å². The lowest BCUT2D eigenvalue weighted by Crippen LogP contribution is -2.38. The van der Waals surface area contributed by atoms with E-state index in [-0.39, 0.29) is 5.41 Å². The molecule has 0 spiro atoms. The molecule has 0 aliphatic heterocycles. The van der Waals surface area contributed by atoms with E-state index in [9.17, 15) is 13.9 Å². The molecule has 0 atom stereocenters. The van der Waals surface area contributed by atoms with E-state index in [4.69, 9.17) is 0 Å². The van der Waals surface area contributed by atoms with Crippen molar-refractivity contribution < 1.29 is 13.9 Å². The van der Waals surface area contributed by atoms with Crippen LogP contribution in [0.15, 0.2) is 18.2 Å². The third-order valence-corrected chi connectivity index (χ3v) is 3.99. The minimum Gasteiger partial charge on any atom is -0.390 e. The van der Waals surface area contributed by atoms with Gasteiger partial charge in [0.15, 0.2) is 0 Å². The van der Waals surface area contributed by atoms with Gasteiger partial charge in [-0.05, 0) is 48.8 Å². The van der Waals surface area contributed by atoms with Crippen LogP contribution in [0.4, 0.5) is 8.78 Å². The molecule has 1 saturated carbocycles. The Morgan fingerprint density at radius 3 is 2.00 bits per heavy atom. The van der Waals surface area contributed by atoms with Gasteiger partial charge in [-0.2, -0.15) is 0 Å². The fraction of sp³-hybridized carbons (Fsp3) is 0.600. The van der Waals surface area contributed by atoms with Crippen molar-refractivity contribution in [2.75, 3.05) is 0 Å². The Morgan fingerprint density at radius 2 is 1.50 bits per heavy atom. The molecule has 0 heterocycles. The Balaban J connectivity index is 2.09. The monoisotopic (exact) mass is 254 g/mol. The molecule has 1 aliphatic rings. The average Bonchev–Trinajstić information content (AvgIpc) is 2.22. The molecule has 0 aromatic heterocycles. The number of hydrogen-bond acceptors (Lipinski definition) is 1. The second kappa shape index (κ2) is 4.61. The van der Waals surface area contributed by atoms with Crippen LogP contribution in [0, 0.1) is 17.0 Å². The summed E-state index contributed by atoms with van der Waals surface area (Å²) in [5, 5.41) is 10.5. The summed E-state index contributed by atoms with van der Waals surface area (Å²) >= 11 is 0. The zero-order valence-electron chi connectivity index (χ0n) is 11.0. The van der Waals surface area contributed by atoms with Gasteiger partial charge in [-0.15, -0.1) is 0 Å². The molecule has 1 N–H and O–H groups in total. The Bertz CT molecular complexity index is 410. The van der Waals surface area contributed by atoms with Gasteiger partial charge in [0, 0.05) is 12.5 Å². The molecule has 0 saturated heterocycles. The quantitative estimate of drug-likeness (QED) is 0.850. The van der Waals surface area contributed by atoms with E-state index in [2.05, 4.69) is 13.8 Å². The highest BCUT2D eigenvalue weighted by molar-refractivity contribution is 5.20. The lowest BCUT2D eigenvalue weighted by molar-refractivity contribution is -0.0252. The van der Waals surface area contributed by atoms with Crippen LogP contribution >= 0.6 is 0 Å². The topological polar surface area (TPSA) is 20.2 Å². The van der Waals surface area contributed by atoms with E-state index in [0.29, 0.717) is 24.8 Å². The molecule has 100 valence electrons. The second-order valence-corrected chi connectivity index (χ2v) is 6.34. The number of aliphatic hydroxyl groups is 1. The normalized spacial score (nSPS) is 21.8. The molecule has 0 bridgehead atoms. The van der Waals surface area contributed by atoms with Crippen LogP contribution in [0.3, 0.4) is 0 Å². The Kier molecular flexibility index (Phi) is 3.45. The number of benzene rings is 1. The van der Waals surface area contributed by atoms with Crippen LogP contribution in [0.5, 0.6) is 0 Å². The second-order valence-electron chi connectivity index (χ2n) is 6.34. The third kappa shape index (κ3) is 3.29. The van der Waals surface area contributed by atoms with Crippen molar-refractivity contribution in [1.82, 2.24) is 0 Å². The predicted octanol–water partition coefficient (Wildman–Crippen LogP) is 3.84. The standard InChI is InChI=1S/C15H20F2O/c1-14(2)3-5-15(18,6-4-14)10-11-7-12(16)9-13(17)8-11/h7-9,18H,3-6,10H2,1-2H3. The van der Waals surface area contributed by atoms with Crippen LogP contribution in [0.1, 0.15) is 45.1 Å². The van der Waals surface area contributed by atoms with Crippen LogP contribution < -0.4 is 0 Å². The van der Waals surface area contributed by atoms with Crippen molar-refractivity contribution in [2.45, 2.75) is 51.6 Å². The fourth-order valence-electron chi connectivity index (χ4n) is 2.66. The lowest BCUT2D eigenvalue weighted by Gasteiger charge is -2.40. The van der Waals surface area contributed by atoms with Gasteiger partial charge in [-0.25, -0.2) is 8.78 Å². The molecule has 0 unspecified atom stereocenters. The van der Waals surface area contributed by atoms with Crippen LogP contribution in [0.25, 0.3) is 0 Å². The number of halogens is 2. The molecule has 3 heteroatoms. The Morgan fingerprint density at radius 1 is 1.00 bits per heavy atom. The van der Waals surface area contributed by atoms with E-state index in [1.54, 1.807) is 0 Å². The molecular formula is C15H20F2O. The van der Waals surface area contributed by atoms with Crippen molar-refractivity contribution in [3.05, 3.63) is 35.4 Å². The maximum Gasteiger partial charge on any atom is 0.126 e. The molecule has 0 radical (unpaired) electrons. The largest absolute Gasteiger partial charge is 0.390 e. The SMILES string of the molecule is CC1(C)CCC(O)(Cc2cc(F)cc(F)c2)CC1. The highest BCUT2D eigenvalue weighted by atomic mass is 19.1. The Labute approximate surface area is 107 Å². The van der Waals surface area contributed by atoms with Gasteiger partial charge in [0.1, 0.15) is 11.6 Å². The van der Waals surface area contributed by atoms with Gasteiger partial charge in [0.05, 0.1) is 5.60 Å². The van der Waals surface area contributed by atoms with Gasteiger partial charge in [0.2, 0.25) is 0 Å². The first-order valence-corrected chi connectivity index (χ1v) is 6.45. The molecule has 0 amide bonds. The minimum absolute atomic E-state index is 0.263. The molecule has 1 nitrogen and oxygen atoms in total. The average molecular weight is 254 g/mol.